The van der Waals surface area contributed by atoms with E-state index in [1.807, 2.05) is 13.0 Å². The number of amides is 2. The van der Waals surface area contributed by atoms with Gasteiger partial charge in [0.2, 0.25) is 5.88 Å². The lowest BCUT2D eigenvalue weighted by Crippen LogP contribution is -2.52. The maximum Gasteiger partial charge on any atom is 0.295 e. The summed E-state index contributed by atoms with van der Waals surface area (Å²) in [6, 6.07) is 12.1. The molecular weight excluding hydrogens is 501 g/mol. The molecule has 2 heterocycles. The van der Waals surface area contributed by atoms with Crippen LogP contribution in [-0.2, 0) is 9.63 Å². The van der Waals surface area contributed by atoms with Crippen molar-refractivity contribution < 1.29 is 23.6 Å². The molecule has 3 aromatic rings. The molecule has 2 amide bonds. The molecule has 2 aliphatic rings. The van der Waals surface area contributed by atoms with Crippen LogP contribution in [0.1, 0.15) is 53.0 Å². The lowest BCUT2D eigenvalue weighted by atomic mass is 10.0. The van der Waals surface area contributed by atoms with Crippen molar-refractivity contribution in [1.29, 1.82) is 0 Å². The molecule has 10 heteroatoms. The monoisotopic (exact) mass is 531 g/mol. The van der Waals surface area contributed by atoms with E-state index in [2.05, 4.69) is 15.5 Å². The van der Waals surface area contributed by atoms with E-state index in [1.54, 1.807) is 48.2 Å². The number of aromatic nitrogens is 1. The Bertz CT molecular complexity index is 1470. The molecule has 1 saturated heterocycles. The predicted octanol–water partition coefficient (Wildman–Crippen LogP) is 3.83. The summed E-state index contributed by atoms with van der Waals surface area (Å²) in [5, 5.41) is 7.44. The standard InChI is InChI=1S/C29H30FN5O4/c1-3-24(32-20-9-10-20)39-33-18(2)21-11-12-23(30)25-22(17-31-26(21)25)27(36)29(38)35-15-13-34(14-16-35)28(37)19-7-5-4-6-8-19/h3-8,11-12,17,20,31-32H,9-10,13-16H2,1-2H3/b24-3-,33-18+. The van der Waals surface area contributed by atoms with Crippen LogP contribution in [0.4, 0.5) is 4.39 Å². The Morgan fingerprint density at radius 2 is 1.72 bits per heavy atom. The van der Waals surface area contributed by atoms with E-state index in [0.717, 1.165) is 12.8 Å². The Morgan fingerprint density at radius 3 is 2.38 bits per heavy atom. The smallest absolute Gasteiger partial charge is 0.295 e. The van der Waals surface area contributed by atoms with Gasteiger partial charge in [-0.1, -0.05) is 23.4 Å². The quantitative estimate of drug-likeness (QED) is 0.151. The van der Waals surface area contributed by atoms with Crippen molar-refractivity contribution in [1.82, 2.24) is 20.1 Å². The van der Waals surface area contributed by atoms with Crippen molar-refractivity contribution in [2.24, 2.45) is 5.16 Å². The van der Waals surface area contributed by atoms with Crippen molar-refractivity contribution in [2.45, 2.75) is 32.7 Å². The van der Waals surface area contributed by atoms with Crippen molar-refractivity contribution in [3.63, 3.8) is 0 Å². The summed E-state index contributed by atoms with van der Waals surface area (Å²) in [6.45, 7) is 4.60. The average Bonchev–Trinajstić information content (AvgIpc) is 3.68. The largest absolute Gasteiger partial charge is 0.360 e. The van der Waals surface area contributed by atoms with Gasteiger partial charge in [0.15, 0.2) is 0 Å². The topological polar surface area (TPSA) is 107 Å². The van der Waals surface area contributed by atoms with Crippen LogP contribution in [0.15, 0.2) is 65.8 Å². The zero-order valence-corrected chi connectivity index (χ0v) is 21.9. The fraction of sp³-hybridized carbons (Fsp3) is 0.310. The first kappa shape index (κ1) is 26.1. The summed E-state index contributed by atoms with van der Waals surface area (Å²) in [5.41, 5.74) is 1.90. The molecule has 0 spiro atoms. The fourth-order valence-corrected chi connectivity index (χ4v) is 4.58. The molecule has 1 saturated carbocycles. The van der Waals surface area contributed by atoms with Crippen LogP contribution in [0.5, 0.6) is 0 Å². The number of benzene rings is 2. The molecule has 0 bridgehead atoms. The average molecular weight is 532 g/mol. The molecule has 39 heavy (non-hydrogen) atoms. The second kappa shape index (κ2) is 11.1. The number of hydrogen-bond donors (Lipinski definition) is 2. The Balaban J connectivity index is 1.30. The Kier molecular flexibility index (Phi) is 7.44. The van der Waals surface area contributed by atoms with Crippen LogP contribution < -0.4 is 5.32 Å². The number of H-pyrrole nitrogens is 1. The third-order valence-corrected chi connectivity index (χ3v) is 6.96. The fourth-order valence-electron chi connectivity index (χ4n) is 4.58. The second-order valence-electron chi connectivity index (χ2n) is 9.67. The van der Waals surface area contributed by atoms with Gasteiger partial charge in [-0.05, 0) is 57.0 Å². The van der Waals surface area contributed by atoms with E-state index >= 15 is 0 Å². The van der Waals surface area contributed by atoms with Gasteiger partial charge in [-0.25, -0.2) is 4.39 Å². The number of carbonyl (C=O) groups excluding carboxylic acids is 3. The minimum Gasteiger partial charge on any atom is -0.360 e. The maximum absolute atomic E-state index is 15.0. The predicted molar refractivity (Wildman–Crippen MR) is 145 cm³/mol. The molecule has 0 unspecified atom stereocenters. The highest BCUT2D eigenvalue weighted by molar-refractivity contribution is 6.45. The van der Waals surface area contributed by atoms with Crippen LogP contribution in [-0.4, -0.2) is 70.3 Å². The number of oxime groups is 1. The van der Waals surface area contributed by atoms with E-state index in [-0.39, 0.29) is 29.9 Å². The minimum atomic E-state index is -0.809. The van der Waals surface area contributed by atoms with E-state index in [9.17, 15) is 18.8 Å². The third-order valence-electron chi connectivity index (χ3n) is 6.96. The molecule has 1 aliphatic carbocycles. The lowest BCUT2D eigenvalue weighted by Gasteiger charge is -2.34. The molecule has 2 aromatic carbocycles. The normalized spacial score (nSPS) is 16.4. The first-order valence-electron chi connectivity index (χ1n) is 13.0. The van der Waals surface area contributed by atoms with E-state index in [4.69, 9.17) is 4.84 Å². The molecule has 0 atom stereocenters. The Hall–Kier alpha value is -4.47. The number of fused-ring (bicyclic) bond motifs is 1. The zero-order chi connectivity index (χ0) is 27.5. The van der Waals surface area contributed by atoms with Gasteiger partial charge in [-0.15, -0.1) is 0 Å². The van der Waals surface area contributed by atoms with Gasteiger partial charge in [0.1, 0.15) is 5.82 Å². The van der Waals surface area contributed by atoms with Crippen molar-refractivity contribution >= 4 is 34.2 Å². The molecule has 9 nitrogen and oxygen atoms in total. The van der Waals surface area contributed by atoms with E-state index in [1.165, 1.54) is 17.2 Å². The van der Waals surface area contributed by atoms with Gasteiger partial charge in [-0.2, -0.15) is 0 Å². The van der Waals surface area contributed by atoms with E-state index < -0.39 is 17.5 Å². The van der Waals surface area contributed by atoms with Gasteiger partial charge in [0.25, 0.3) is 17.6 Å². The molecule has 0 radical (unpaired) electrons. The van der Waals surface area contributed by atoms with E-state index in [0.29, 0.717) is 47.4 Å². The second-order valence-corrected chi connectivity index (χ2v) is 9.67. The number of piperazine rings is 1. The van der Waals surface area contributed by atoms with Crippen molar-refractivity contribution in [3.8, 4) is 0 Å². The zero-order valence-electron chi connectivity index (χ0n) is 21.9. The van der Waals surface area contributed by atoms with Gasteiger partial charge in [0.05, 0.1) is 16.8 Å². The van der Waals surface area contributed by atoms with Gasteiger partial charge in [-0.3, -0.25) is 14.4 Å². The van der Waals surface area contributed by atoms with Crippen LogP contribution in [0, 0.1) is 5.82 Å². The van der Waals surface area contributed by atoms with Crippen LogP contribution in [0.2, 0.25) is 0 Å². The highest BCUT2D eigenvalue weighted by atomic mass is 19.1. The first-order chi connectivity index (χ1) is 18.9. The number of hydrogen-bond acceptors (Lipinski definition) is 6. The number of nitrogens with one attached hydrogen (secondary N) is 2. The van der Waals surface area contributed by atoms with Crippen LogP contribution in [0.25, 0.3) is 10.9 Å². The number of aromatic amines is 1. The summed E-state index contributed by atoms with van der Waals surface area (Å²) < 4.78 is 15.0. The van der Waals surface area contributed by atoms with Crippen LogP contribution >= 0.6 is 0 Å². The first-order valence-corrected chi connectivity index (χ1v) is 13.0. The molecular formula is C29H30FN5O4. The molecule has 2 fully saturated rings. The number of allylic oxidation sites excluding steroid dienone is 1. The molecule has 2 N–H and O–H groups in total. The summed E-state index contributed by atoms with van der Waals surface area (Å²) in [4.78, 5) is 50.6. The lowest BCUT2D eigenvalue weighted by molar-refractivity contribution is -0.127. The van der Waals surface area contributed by atoms with Gasteiger partial charge >= 0.3 is 0 Å². The highest BCUT2D eigenvalue weighted by Crippen LogP contribution is 2.27. The number of rotatable bonds is 8. The van der Waals surface area contributed by atoms with Gasteiger partial charge in [0, 0.05) is 54.9 Å². The Labute approximate surface area is 225 Å². The molecule has 202 valence electrons. The van der Waals surface area contributed by atoms with Crippen LogP contribution in [0.3, 0.4) is 0 Å². The summed E-state index contributed by atoms with van der Waals surface area (Å²) >= 11 is 0. The molecule has 5 rings (SSSR count). The van der Waals surface area contributed by atoms with Gasteiger partial charge < -0.3 is 24.9 Å². The number of halogens is 1. The number of ketones is 1. The third kappa shape index (κ3) is 5.55. The molecule has 1 aliphatic heterocycles. The van der Waals surface area contributed by atoms with Crippen molar-refractivity contribution in [3.05, 3.63) is 83.1 Å². The summed E-state index contributed by atoms with van der Waals surface area (Å²) in [5.74, 6) is -1.75. The number of nitrogens with zero attached hydrogens (tertiary/aromatic N) is 3. The minimum absolute atomic E-state index is 0.0284. The summed E-state index contributed by atoms with van der Waals surface area (Å²) in [7, 11) is 0. The Morgan fingerprint density at radius 1 is 1.03 bits per heavy atom. The maximum atomic E-state index is 15.0. The van der Waals surface area contributed by atoms with Crippen molar-refractivity contribution in [2.75, 3.05) is 26.2 Å². The number of Topliss-reactive ketones (excluding diaryl/α,β-unsaturated/α-hetero) is 1. The molecule has 1 aromatic heterocycles. The highest BCUT2D eigenvalue weighted by Gasteiger charge is 2.31. The SMILES string of the molecule is C/C=C(/NC1CC1)O/N=C(\C)c1ccc(F)c2c(C(=O)C(=O)N3CCN(C(=O)c4ccccc4)CC3)c[nH]c12. The summed E-state index contributed by atoms with van der Waals surface area (Å²) in [6.07, 6.45) is 5.31. The number of carbonyl (C=O) groups is 3.